The summed E-state index contributed by atoms with van der Waals surface area (Å²) in [6.07, 6.45) is 0. The lowest BCUT2D eigenvalue weighted by molar-refractivity contribution is 0.724. The maximum Gasteiger partial charge on any atom is 0.235 e. The fraction of sp³-hybridized carbons (Fsp3) is 0.0196. The normalized spacial score (nSPS) is 13.5. The van der Waals surface area contributed by atoms with Crippen LogP contribution in [0.3, 0.4) is 0 Å². The number of para-hydroxylation sites is 2. The molecule has 2 aliphatic rings. The molecule has 0 fully saturated rings. The largest absolute Gasteiger partial charge is 0.277 e. The smallest absolute Gasteiger partial charge is 0.235 e. The molecule has 0 N–H and O–H groups in total. The van der Waals surface area contributed by atoms with Gasteiger partial charge in [-0.05, 0) is 62.7 Å². The quantitative estimate of drug-likeness (QED) is 0.182. The standard InChI is InChI=1S/C51H31N3S/c1-2-14-32(15-3-1)33-26-28-34(29-27-33)47-39-19-6-11-23-44(39)52-50(53-47)54-45-24-12-7-18-37(45)38-30-31-43-49(48(38)54)55-46-25-13-10-22-42(46)51(43)40-20-8-4-16-35(40)36-17-5-9-21-41(36)51/h1-31H. The van der Waals surface area contributed by atoms with Gasteiger partial charge in [0.2, 0.25) is 5.95 Å². The number of aromatic nitrogens is 3. The Hall–Kier alpha value is -6.75. The average Bonchev–Trinajstić information content (AvgIpc) is 3.75. The molecule has 4 heteroatoms. The zero-order valence-corrected chi connectivity index (χ0v) is 30.5. The molecule has 0 saturated heterocycles. The van der Waals surface area contributed by atoms with Crippen LogP contribution in [-0.2, 0) is 5.41 Å². The monoisotopic (exact) mass is 717 g/mol. The van der Waals surface area contributed by atoms with Crippen LogP contribution in [0.4, 0.5) is 0 Å². The van der Waals surface area contributed by atoms with Gasteiger partial charge in [0, 0.05) is 31.5 Å². The van der Waals surface area contributed by atoms with Gasteiger partial charge in [-0.2, -0.15) is 0 Å². The van der Waals surface area contributed by atoms with Gasteiger partial charge < -0.3 is 0 Å². The summed E-state index contributed by atoms with van der Waals surface area (Å²) in [6.45, 7) is 0. The first kappa shape index (κ1) is 30.7. The predicted molar refractivity (Wildman–Crippen MR) is 226 cm³/mol. The van der Waals surface area contributed by atoms with Crippen molar-refractivity contribution in [1.29, 1.82) is 0 Å². The number of benzene rings is 8. The van der Waals surface area contributed by atoms with Crippen LogP contribution >= 0.6 is 11.8 Å². The molecule has 1 aliphatic carbocycles. The van der Waals surface area contributed by atoms with Gasteiger partial charge in [-0.1, -0.05) is 182 Å². The molecule has 0 amide bonds. The van der Waals surface area contributed by atoms with E-state index >= 15 is 0 Å². The SMILES string of the molecule is c1ccc(-c2ccc(-c3nc(-n4c5ccccc5c5ccc6c(c54)Sc4ccccc4C64c5ccccc5-c5ccccc54)nc4ccccc34)cc2)cc1. The zero-order chi connectivity index (χ0) is 36.1. The molecule has 0 unspecified atom stereocenters. The average molecular weight is 718 g/mol. The third-order valence-corrected chi connectivity index (χ3v) is 12.9. The first-order valence-electron chi connectivity index (χ1n) is 18.8. The Bertz CT molecular complexity index is 3130. The van der Waals surface area contributed by atoms with Crippen LogP contribution in [0.25, 0.3) is 72.2 Å². The zero-order valence-electron chi connectivity index (χ0n) is 29.6. The van der Waals surface area contributed by atoms with Gasteiger partial charge in [0.15, 0.2) is 0 Å². The van der Waals surface area contributed by atoms with Crippen LogP contribution in [0.1, 0.15) is 22.3 Å². The highest BCUT2D eigenvalue weighted by Gasteiger charge is 2.50. The molecule has 0 saturated carbocycles. The Labute approximate surface area is 322 Å². The molecule has 3 nitrogen and oxygen atoms in total. The molecule has 55 heavy (non-hydrogen) atoms. The predicted octanol–water partition coefficient (Wildman–Crippen LogP) is 12.9. The van der Waals surface area contributed by atoms with Crippen molar-refractivity contribution in [3.05, 3.63) is 210 Å². The van der Waals surface area contributed by atoms with Crippen LogP contribution < -0.4 is 0 Å². The molecule has 1 aliphatic heterocycles. The lowest BCUT2D eigenvalue weighted by atomic mass is 9.67. The van der Waals surface area contributed by atoms with Crippen molar-refractivity contribution in [3.8, 4) is 39.5 Å². The summed E-state index contributed by atoms with van der Waals surface area (Å²) >= 11 is 1.87. The number of fused-ring (bicyclic) bond motifs is 14. The molecule has 0 bridgehead atoms. The van der Waals surface area contributed by atoms with Crippen molar-refractivity contribution in [2.45, 2.75) is 15.2 Å². The minimum atomic E-state index is -0.476. The second-order valence-electron chi connectivity index (χ2n) is 14.5. The minimum Gasteiger partial charge on any atom is -0.277 e. The van der Waals surface area contributed by atoms with Gasteiger partial charge in [0.05, 0.1) is 27.7 Å². The third kappa shape index (κ3) is 4.23. The summed E-state index contributed by atoms with van der Waals surface area (Å²) in [7, 11) is 0. The molecule has 256 valence electrons. The fourth-order valence-corrected chi connectivity index (χ4v) is 10.7. The fourth-order valence-electron chi connectivity index (χ4n) is 9.41. The molecule has 2 aromatic heterocycles. The van der Waals surface area contributed by atoms with Crippen molar-refractivity contribution in [3.63, 3.8) is 0 Å². The van der Waals surface area contributed by atoms with E-state index in [0.29, 0.717) is 5.95 Å². The number of rotatable bonds is 3. The Balaban J connectivity index is 1.17. The summed E-state index contributed by atoms with van der Waals surface area (Å²) in [5.41, 5.74) is 14.9. The third-order valence-electron chi connectivity index (χ3n) is 11.7. The van der Waals surface area contributed by atoms with Gasteiger partial charge in [-0.15, -0.1) is 0 Å². The first-order chi connectivity index (χ1) is 27.3. The van der Waals surface area contributed by atoms with Crippen LogP contribution in [-0.4, -0.2) is 14.5 Å². The van der Waals surface area contributed by atoms with E-state index in [2.05, 4.69) is 193 Å². The first-order valence-corrected chi connectivity index (χ1v) is 19.6. The van der Waals surface area contributed by atoms with Crippen LogP contribution in [0.2, 0.25) is 0 Å². The molecule has 0 radical (unpaired) electrons. The highest BCUT2D eigenvalue weighted by Crippen LogP contribution is 2.63. The minimum absolute atomic E-state index is 0.476. The molecular weight excluding hydrogens is 687 g/mol. The van der Waals surface area contributed by atoms with Gasteiger partial charge >= 0.3 is 0 Å². The van der Waals surface area contributed by atoms with E-state index in [1.165, 1.54) is 65.1 Å². The van der Waals surface area contributed by atoms with E-state index < -0.39 is 5.41 Å². The maximum atomic E-state index is 5.51. The molecular formula is C51H31N3S. The van der Waals surface area contributed by atoms with Gasteiger partial charge in [0.1, 0.15) is 0 Å². The summed E-state index contributed by atoms with van der Waals surface area (Å²) in [6, 6.07) is 68.2. The van der Waals surface area contributed by atoms with Gasteiger partial charge in [-0.3, -0.25) is 4.57 Å². The van der Waals surface area contributed by atoms with Crippen molar-refractivity contribution < 1.29 is 0 Å². The van der Waals surface area contributed by atoms with Crippen molar-refractivity contribution in [1.82, 2.24) is 14.5 Å². The Kier molecular flexibility index (Phi) is 6.48. The summed E-state index contributed by atoms with van der Waals surface area (Å²) in [4.78, 5) is 13.4. The van der Waals surface area contributed by atoms with Crippen LogP contribution in [0.5, 0.6) is 0 Å². The number of nitrogens with zero attached hydrogens (tertiary/aromatic N) is 3. The highest BCUT2D eigenvalue weighted by molar-refractivity contribution is 7.99. The van der Waals surface area contributed by atoms with Crippen molar-refractivity contribution in [2.24, 2.45) is 0 Å². The Morgan fingerprint density at radius 1 is 0.418 bits per heavy atom. The maximum absolute atomic E-state index is 5.51. The highest BCUT2D eigenvalue weighted by atomic mass is 32.2. The molecule has 8 aromatic carbocycles. The van der Waals surface area contributed by atoms with E-state index in [1.807, 2.05) is 11.8 Å². The van der Waals surface area contributed by atoms with Crippen LogP contribution in [0, 0.1) is 0 Å². The van der Waals surface area contributed by atoms with Crippen LogP contribution in [0.15, 0.2) is 198 Å². The van der Waals surface area contributed by atoms with Crippen molar-refractivity contribution in [2.75, 3.05) is 0 Å². The lowest BCUT2D eigenvalue weighted by Gasteiger charge is -2.40. The number of hydrogen-bond acceptors (Lipinski definition) is 3. The molecule has 0 atom stereocenters. The number of hydrogen-bond donors (Lipinski definition) is 0. The summed E-state index contributed by atoms with van der Waals surface area (Å²) in [5, 5.41) is 3.41. The summed E-state index contributed by atoms with van der Waals surface area (Å²) < 4.78 is 2.33. The van der Waals surface area contributed by atoms with E-state index in [0.717, 1.165) is 33.2 Å². The Morgan fingerprint density at radius 2 is 1.02 bits per heavy atom. The second-order valence-corrected chi connectivity index (χ2v) is 15.5. The summed E-state index contributed by atoms with van der Waals surface area (Å²) in [5.74, 6) is 0.668. The molecule has 12 rings (SSSR count). The van der Waals surface area contributed by atoms with Gasteiger partial charge in [0.25, 0.3) is 0 Å². The molecule has 10 aromatic rings. The van der Waals surface area contributed by atoms with E-state index in [1.54, 1.807) is 0 Å². The van der Waals surface area contributed by atoms with E-state index in [4.69, 9.17) is 9.97 Å². The van der Waals surface area contributed by atoms with Gasteiger partial charge in [-0.25, -0.2) is 9.97 Å². The second kappa shape index (κ2) is 11.6. The lowest BCUT2D eigenvalue weighted by Crippen LogP contribution is -2.32. The van der Waals surface area contributed by atoms with Crippen molar-refractivity contribution >= 4 is 44.5 Å². The molecule has 3 heterocycles. The topological polar surface area (TPSA) is 30.7 Å². The van der Waals surface area contributed by atoms with E-state index in [9.17, 15) is 0 Å². The molecule has 1 spiro atoms. The Morgan fingerprint density at radius 3 is 1.80 bits per heavy atom. The van der Waals surface area contributed by atoms with E-state index in [-0.39, 0.29) is 0 Å².